The summed E-state index contributed by atoms with van der Waals surface area (Å²) in [6, 6.07) is 13.6. The number of amides is 1. The minimum Gasteiger partial charge on any atom is -0.341 e. The van der Waals surface area contributed by atoms with Gasteiger partial charge in [0, 0.05) is 31.0 Å². The molecule has 25 heavy (non-hydrogen) atoms. The smallest absolute Gasteiger partial charge is 0.224 e. The van der Waals surface area contributed by atoms with Gasteiger partial charge in [-0.15, -0.1) is 0 Å². The van der Waals surface area contributed by atoms with Crippen LogP contribution in [0.1, 0.15) is 12.0 Å². The minimum absolute atomic E-state index is 0.118. The Morgan fingerprint density at radius 3 is 2.68 bits per heavy atom. The van der Waals surface area contributed by atoms with Crippen molar-refractivity contribution in [2.45, 2.75) is 19.5 Å². The Bertz CT molecular complexity index is 968. The van der Waals surface area contributed by atoms with Gasteiger partial charge in [-0.2, -0.15) is 5.10 Å². The molecule has 6 heteroatoms. The van der Waals surface area contributed by atoms with E-state index in [9.17, 15) is 14.0 Å². The van der Waals surface area contributed by atoms with Crippen LogP contribution in [0.15, 0.2) is 59.5 Å². The Morgan fingerprint density at radius 2 is 1.88 bits per heavy atom. The van der Waals surface area contributed by atoms with E-state index >= 15 is 0 Å². The number of aromatic nitrogens is 2. The van der Waals surface area contributed by atoms with Crippen LogP contribution in [0.25, 0.3) is 10.9 Å². The van der Waals surface area contributed by atoms with Crippen molar-refractivity contribution in [3.63, 3.8) is 0 Å². The third-order valence-electron chi connectivity index (χ3n) is 4.09. The second-order valence-corrected chi connectivity index (χ2v) is 5.84. The molecule has 0 fully saturated rings. The number of benzene rings is 2. The first-order valence-electron chi connectivity index (χ1n) is 7.98. The van der Waals surface area contributed by atoms with Crippen LogP contribution in [0.4, 0.5) is 4.39 Å². The SMILES string of the molecule is CN(Cc1ccccc1F)C(=O)CCn1ncc(=O)c2ccccc21. The normalized spacial score (nSPS) is 10.8. The van der Waals surface area contributed by atoms with E-state index in [-0.39, 0.29) is 30.1 Å². The van der Waals surface area contributed by atoms with E-state index in [2.05, 4.69) is 5.10 Å². The Balaban J connectivity index is 1.69. The average Bonchev–Trinajstić information content (AvgIpc) is 2.63. The van der Waals surface area contributed by atoms with Gasteiger partial charge in [-0.1, -0.05) is 30.3 Å². The van der Waals surface area contributed by atoms with Gasteiger partial charge in [-0.25, -0.2) is 4.39 Å². The third kappa shape index (κ3) is 3.74. The van der Waals surface area contributed by atoms with Gasteiger partial charge in [0.15, 0.2) is 0 Å². The monoisotopic (exact) mass is 339 g/mol. The highest BCUT2D eigenvalue weighted by molar-refractivity contribution is 5.79. The number of carbonyl (C=O) groups is 1. The molecule has 128 valence electrons. The van der Waals surface area contributed by atoms with E-state index in [4.69, 9.17) is 0 Å². The fourth-order valence-corrected chi connectivity index (χ4v) is 2.70. The predicted molar refractivity (Wildman–Crippen MR) is 93.5 cm³/mol. The lowest BCUT2D eigenvalue weighted by Gasteiger charge is -2.18. The Morgan fingerprint density at radius 1 is 1.16 bits per heavy atom. The minimum atomic E-state index is -0.324. The standard InChI is InChI=1S/C19H18FN3O2/c1-22(13-14-6-2-4-8-16(14)20)19(25)10-11-23-17-9-5-3-7-15(17)18(24)12-21-23/h2-9,12H,10-11,13H2,1H3. The maximum absolute atomic E-state index is 13.7. The molecule has 0 aliphatic heterocycles. The van der Waals surface area contributed by atoms with Crippen molar-refractivity contribution in [1.82, 2.24) is 14.7 Å². The zero-order chi connectivity index (χ0) is 17.8. The highest BCUT2D eigenvalue weighted by atomic mass is 19.1. The van der Waals surface area contributed by atoms with Gasteiger partial charge in [0.25, 0.3) is 0 Å². The topological polar surface area (TPSA) is 55.2 Å². The van der Waals surface area contributed by atoms with Crippen molar-refractivity contribution < 1.29 is 9.18 Å². The molecule has 0 spiro atoms. The third-order valence-corrected chi connectivity index (χ3v) is 4.09. The Labute approximate surface area is 144 Å². The molecule has 1 amide bonds. The molecule has 0 saturated heterocycles. The lowest BCUT2D eigenvalue weighted by Crippen LogP contribution is -2.28. The number of fused-ring (bicyclic) bond motifs is 1. The summed E-state index contributed by atoms with van der Waals surface area (Å²) < 4.78 is 15.3. The van der Waals surface area contributed by atoms with Crippen LogP contribution in [0.5, 0.6) is 0 Å². The molecule has 0 radical (unpaired) electrons. The molecule has 0 aliphatic rings. The summed E-state index contributed by atoms with van der Waals surface area (Å²) >= 11 is 0. The average molecular weight is 339 g/mol. The molecule has 0 bridgehead atoms. The van der Waals surface area contributed by atoms with Crippen LogP contribution >= 0.6 is 0 Å². The number of hydrogen-bond acceptors (Lipinski definition) is 3. The van der Waals surface area contributed by atoms with E-state index in [0.29, 0.717) is 23.0 Å². The number of rotatable bonds is 5. The van der Waals surface area contributed by atoms with Gasteiger partial charge >= 0.3 is 0 Å². The van der Waals surface area contributed by atoms with Crippen molar-refractivity contribution in [2.24, 2.45) is 0 Å². The maximum Gasteiger partial charge on any atom is 0.224 e. The number of carbonyl (C=O) groups excluding carboxylic acids is 1. The summed E-state index contributed by atoms with van der Waals surface area (Å²) in [5, 5.41) is 4.68. The fraction of sp³-hybridized carbons (Fsp3) is 0.211. The van der Waals surface area contributed by atoms with Gasteiger partial charge in [-0.3, -0.25) is 14.3 Å². The highest BCUT2D eigenvalue weighted by Gasteiger charge is 2.12. The van der Waals surface area contributed by atoms with Gasteiger partial charge in [0.2, 0.25) is 11.3 Å². The van der Waals surface area contributed by atoms with Gasteiger partial charge < -0.3 is 4.90 Å². The highest BCUT2D eigenvalue weighted by Crippen LogP contribution is 2.11. The molecule has 3 rings (SSSR count). The molecule has 3 aromatic rings. The van der Waals surface area contributed by atoms with Crippen LogP contribution in [0.2, 0.25) is 0 Å². The first kappa shape index (κ1) is 16.8. The second kappa shape index (κ2) is 7.25. The first-order valence-corrected chi connectivity index (χ1v) is 7.98. The van der Waals surface area contributed by atoms with Crippen LogP contribution in [0.3, 0.4) is 0 Å². The summed E-state index contributed by atoms with van der Waals surface area (Å²) in [5.41, 5.74) is 1.03. The molecule has 1 heterocycles. The molecule has 0 saturated carbocycles. The zero-order valence-electron chi connectivity index (χ0n) is 13.9. The molecule has 0 unspecified atom stereocenters. The van der Waals surface area contributed by atoms with Gasteiger partial charge in [-0.05, 0) is 18.2 Å². The summed E-state index contributed by atoms with van der Waals surface area (Å²) in [7, 11) is 1.64. The van der Waals surface area contributed by atoms with E-state index in [1.54, 1.807) is 48.1 Å². The Kier molecular flexibility index (Phi) is 4.88. The lowest BCUT2D eigenvalue weighted by molar-refractivity contribution is -0.130. The van der Waals surface area contributed by atoms with E-state index in [0.717, 1.165) is 0 Å². The van der Waals surface area contributed by atoms with Crippen molar-refractivity contribution >= 4 is 16.8 Å². The van der Waals surface area contributed by atoms with Crippen molar-refractivity contribution in [3.05, 3.63) is 76.3 Å². The molecule has 2 aromatic carbocycles. The quantitative estimate of drug-likeness (QED) is 0.718. The second-order valence-electron chi connectivity index (χ2n) is 5.84. The lowest BCUT2D eigenvalue weighted by atomic mass is 10.2. The van der Waals surface area contributed by atoms with Crippen LogP contribution < -0.4 is 5.43 Å². The molecule has 0 aliphatic carbocycles. The van der Waals surface area contributed by atoms with Crippen LogP contribution in [-0.2, 0) is 17.9 Å². The molecular weight excluding hydrogens is 321 g/mol. The number of halogens is 1. The maximum atomic E-state index is 13.7. The number of aryl methyl sites for hydroxylation is 1. The molecule has 1 aromatic heterocycles. The van der Waals surface area contributed by atoms with Crippen molar-refractivity contribution in [1.29, 1.82) is 0 Å². The van der Waals surface area contributed by atoms with Crippen LogP contribution in [-0.4, -0.2) is 27.6 Å². The first-order chi connectivity index (χ1) is 12.1. The van der Waals surface area contributed by atoms with Gasteiger partial charge in [0.05, 0.1) is 18.3 Å². The van der Waals surface area contributed by atoms with E-state index in [1.807, 2.05) is 6.07 Å². The molecule has 5 nitrogen and oxygen atoms in total. The Hall–Kier alpha value is -3.02. The number of nitrogens with zero attached hydrogens (tertiary/aromatic N) is 3. The van der Waals surface area contributed by atoms with Crippen molar-refractivity contribution in [2.75, 3.05) is 7.05 Å². The van der Waals surface area contributed by atoms with Gasteiger partial charge in [0.1, 0.15) is 5.82 Å². The summed E-state index contributed by atoms with van der Waals surface area (Å²) in [4.78, 5) is 25.7. The van der Waals surface area contributed by atoms with Crippen molar-refractivity contribution in [3.8, 4) is 0 Å². The molecular formula is C19H18FN3O2. The molecule has 0 N–H and O–H groups in total. The molecule has 0 atom stereocenters. The largest absolute Gasteiger partial charge is 0.341 e. The summed E-state index contributed by atoms with van der Waals surface area (Å²) in [6.07, 6.45) is 1.47. The van der Waals surface area contributed by atoms with Crippen LogP contribution in [0, 0.1) is 5.82 Å². The zero-order valence-corrected chi connectivity index (χ0v) is 13.9. The predicted octanol–water partition coefficient (Wildman–Crippen LogP) is 2.58. The van der Waals surface area contributed by atoms with E-state index < -0.39 is 0 Å². The fourth-order valence-electron chi connectivity index (χ4n) is 2.70. The number of para-hydroxylation sites is 1. The summed E-state index contributed by atoms with van der Waals surface area (Å²) in [6.45, 7) is 0.561. The summed E-state index contributed by atoms with van der Waals surface area (Å²) in [5.74, 6) is -0.442. The number of hydrogen-bond donors (Lipinski definition) is 0. The van der Waals surface area contributed by atoms with E-state index in [1.165, 1.54) is 17.2 Å².